The van der Waals surface area contributed by atoms with Crippen LogP contribution in [0.25, 0.3) is 5.69 Å². The Balaban J connectivity index is 1.38. The lowest BCUT2D eigenvalue weighted by molar-refractivity contribution is -0.705. The smallest absolute Gasteiger partial charge is 0.410 e. The van der Waals surface area contributed by atoms with Gasteiger partial charge in [0.2, 0.25) is 11.6 Å². The number of nitriles is 1. The van der Waals surface area contributed by atoms with Crippen molar-refractivity contribution >= 4 is 40.1 Å². The molecule has 0 aliphatic carbocycles. The topological polar surface area (TPSA) is 135 Å². The van der Waals surface area contributed by atoms with Crippen molar-refractivity contribution in [2.75, 3.05) is 17.6 Å². The molecule has 0 radical (unpaired) electrons. The van der Waals surface area contributed by atoms with E-state index in [-0.39, 0.29) is 17.4 Å². The van der Waals surface area contributed by atoms with Crippen LogP contribution in [0.15, 0.2) is 39.9 Å². The molecule has 4 rings (SSSR count). The predicted octanol–water partition coefficient (Wildman–Crippen LogP) is 3.37. The van der Waals surface area contributed by atoms with Gasteiger partial charge >= 0.3 is 6.09 Å². The van der Waals surface area contributed by atoms with E-state index in [1.165, 1.54) is 27.8 Å². The number of ether oxygens (including phenoxy) is 1. The van der Waals surface area contributed by atoms with Gasteiger partial charge in [-0.25, -0.2) is 4.79 Å². The number of hydrogen-bond donors (Lipinski definition) is 1. The number of thiophene rings is 1. The molecular weight excluding hydrogens is 502 g/mol. The van der Waals surface area contributed by atoms with Gasteiger partial charge in [0.15, 0.2) is 5.95 Å². The van der Waals surface area contributed by atoms with Crippen LogP contribution >= 0.6 is 23.1 Å². The Bertz CT molecular complexity index is 1310. The number of amides is 2. The van der Waals surface area contributed by atoms with Crippen LogP contribution in [0.4, 0.5) is 9.80 Å². The van der Waals surface area contributed by atoms with Gasteiger partial charge in [-0.2, -0.15) is 5.26 Å². The minimum Gasteiger partial charge on any atom is -0.538 e. The van der Waals surface area contributed by atoms with Gasteiger partial charge in [0, 0.05) is 35.7 Å². The molecule has 0 bridgehead atoms. The molecule has 0 saturated heterocycles. The maximum atomic E-state index is 12.7. The van der Waals surface area contributed by atoms with Crippen LogP contribution in [0.2, 0.25) is 0 Å². The van der Waals surface area contributed by atoms with Crippen LogP contribution in [-0.2, 0) is 22.5 Å². The third kappa shape index (κ3) is 5.80. The molecule has 0 fully saturated rings. The van der Waals surface area contributed by atoms with Gasteiger partial charge in [-0.1, -0.05) is 30.0 Å². The zero-order chi connectivity index (χ0) is 25.9. The highest BCUT2D eigenvalue weighted by Crippen LogP contribution is 2.37. The highest BCUT2D eigenvalue weighted by atomic mass is 32.2. The second kappa shape index (κ2) is 10.6. The molecule has 1 aliphatic heterocycles. The van der Waals surface area contributed by atoms with Crippen LogP contribution in [0.3, 0.4) is 0 Å². The molecule has 36 heavy (non-hydrogen) atoms. The Morgan fingerprint density at radius 3 is 2.81 bits per heavy atom. The lowest BCUT2D eigenvalue weighted by Crippen LogP contribution is -2.39. The van der Waals surface area contributed by atoms with Gasteiger partial charge in [-0.3, -0.25) is 4.79 Å². The van der Waals surface area contributed by atoms with Crippen LogP contribution in [0.1, 0.15) is 43.2 Å². The standard InChI is InChI=1S/C24H25N5O5S2/c1-24(2,3)33-23(32)28-11-9-16-17(13-25)20(36-18(16)14-28)26-19(30)10-12-35-21-22(31)34-27-29(21)15-7-5-4-6-8-15/h4-8H,9-12,14H2,1-3H3,(H-,26,27,30,31). The minimum atomic E-state index is -0.596. The summed E-state index contributed by atoms with van der Waals surface area (Å²) in [5.74, 6) is -0.539. The summed E-state index contributed by atoms with van der Waals surface area (Å²) >= 11 is 2.47. The molecule has 0 saturated carbocycles. The number of anilines is 1. The Kier molecular flexibility index (Phi) is 7.51. The van der Waals surface area contributed by atoms with Gasteiger partial charge in [0.1, 0.15) is 16.7 Å². The third-order valence-electron chi connectivity index (χ3n) is 5.21. The van der Waals surface area contributed by atoms with Gasteiger partial charge < -0.3 is 24.6 Å². The fourth-order valence-corrected chi connectivity index (χ4v) is 5.74. The summed E-state index contributed by atoms with van der Waals surface area (Å²) in [6.45, 7) is 6.21. The number of nitrogens with zero attached hydrogens (tertiary/aromatic N) is 4. The summed E-state index contributed by atoms with van der Waals surface area (Å²) in [6, 6.07) is 11.3. The van der Waals surface area contributed by atoms with Crippen LogP contribution in [0, 0.1) is 11.3 Å². The quantitative estimate of drug-likeness (QED) is 0.381. The van der Waals surface area contributed by atoms with E-state index in [0.717, 1.165) is 10.4 Å². The number of aromatic nitrogens is 2. The Morgan fingerprint density at radius 2 is 2.11 bits per heavy atom. The first-order valence-electron chi connectivity index (χ1n) is 11.3. The second-order valence-corrected chi connectivity index (χ2v) is 11.2. The van der Waals surface area contributed by atoms with Crippen molar-refractivity contribution in [2.45, 2.75) is 50.8 Å². The molecule has 0 spiro atoms. The first kappa shape index (κ1) is 25.5. The molecule has 0 unspecified atom stereocenters. The third-order valence-corrected chi connectivity index (χ3v) is 7.37. The summed E-state index contributed by atoms with van der Waals surface area (Å²) < 4.78 is 11.7. The van der Waals surface area contributed by atoms with E-state index in [2.05, 4.69) is 16.7 Å². The maximum Gasteiger partial charge on any atom is 0.410 e. The normalized spacial score (nSPS) is 13.1. The monoisotopic (exact) mass is 527 g/mol. The van der Waals surface area contributed by atoms with E-state index in [0.29, 0.717) is 41.5 Å². The molecule has 12 heteroatoms. The number of para-hydroxylation sites is 1. The van der Waals surface area contributed by atoms with E-state index >= 15 is 0 Å². The SMILES string of the molecule is CC(C)(C)OC(=O)N1CCc2c(sc(NC(=O)CCSc3c([O-])on[n+]3-c3ccccc3)c2C#N)C1. The summed E-state index contributed by atoms with van der Waals surface area (Å²) in [5, 5.41) is 29.2. The van der Waals surface area contributed by atoms with Gasteiger partial charge in [0.25, 0.3) is 5.03 Å². The average molecular weight is 528 g/mol. The molecule has 1 aromatic carbocycles. The average Bonchev–Trinajstić information content (AvgIpc) is 3.37. The molecular formula is C24H25N5O5S2. The Hall–Kier alpha value is -3.56. The number of thioether (sulfide) groups is 1. The number of benzene rings is 1. The fraction of sp³-hybridized carbons (Fsp3) is 0.375. The predicted molar refractivity (Wildman–Crippen MR) is 131 cm³/mol. The van der Waals surface area contributed by atoms with E-state index in [9.17, 15) is 20.0 Å². The van der Waals surface area contributed by atoms with E-state index in [1.807, 2.05) is 39.0 Å². The number of carbonyl (C=O) groups is 2. The highest BCUT2D eigenvalue weighted by Gasteiger charge is 2.30. The number of hydrogen-bond acceptors (Lipinski definition) is 9. The molecule has 2 aromatic heterocycles. The molecule has 3 aromatic rings. The molecule has 3 heterocycles. The first-order chi connectivity index (χ1) is 17.2. The van der Waals surface area contributed by atoms with Crippen molar-refractivity contribution < 1.29 is 28.6 Å². The molecule has 188 valence electrons. The van der Waals surface area contributed by atoms with Crippen molar-refractivity contribution in [3.05, 3.63) is 46.3 Å². The number of fused-ring (bicyclic) bond motifs is 1. The summed E-state index contributed by atoms with van der Waals surface area (Å²) in [4.78, 5) is 27.6. The zero-order valence-corrected chi connectivity index (χ0v) is 21.7. The van der Waals surface area contributed by atoms with Crippen molar-refractivity contribution in [3.63, 3.8) is 0 Å². The van der Waals surface area contributed by atoms with E-state index in [4.69, 9.17) is 9.26 Å². The number of nitrogens with one attached hydrogen (secondary N) is 1. The maximum absolute atomic E-state index is 12.7. The molecule has 1 aliphatic rings. The van der Waals surface area contributed by atoms with Gasteiger partial charge in [-0.15, -0.1) is 11.3 Å². The molecule has 10 nitrogen and oxygen atoms in total. The van der Waals surface area contributed by atoms with Crippen molar-refractivity contribution in [1.82, 2.24) is 10.2 Å². The van der Waals surface area contributed by atoms with Crippen LogP contribution in [-0.4, -0.2) is 40.1 Å². The van der Waals surface area contributed by atoms with Crippen LogP contribution in [0.5, 0.6) is 5.95 Å². The van der Waals surface area contributed by atoms with E-state index in [1.54, 1.807) is 17.0 Å². The Morgan fingerprint density at radius 1 is 1.36 bits per heavy atom. The Labute approximate surface area is 216 Å². The second-order valence-electron chi connectivity index (χ2n) is 9.03. The van der Waals surface area contributed by atoms with Crippen molar-refractivity contribution in [2.24, 2.45) is 0 Å². The van der Waals surface area contributed by atoms with Crippen molar-refractivity contribution in [3.8, 4) is 17.7 Å². The summed E-state index contributed by atoms with van der Waals surface area (Å²) in [5.41, 5.74) is 1.37. The van der Waals surface area contributed by atoms with E-state index < -0.39 is 17.6 Å². The fourth-order valence-electron chi connectivity index (χ4n) is 3.62. The lowest BCUT2D eigenvalue weighted by atomic mass is 10.0. The van der Waals surface area contributed by atoms with Crippen molar-refractivity contribution in [1.29, 1.82) is 5.26 Å². The largest absolute Gasteiger partial charge is 0.538 e. The number of rotatable bonds is 6. The lowest BCUT2D eigenvalue weighted by Gasteiger charge is -2.29. The molecule has 1 N–H and O–H groups in total. The summed E-state index contributed by atoms with van der Waals surface area (Å²) in [6.07, 6.45) is 0.224. The highest BCUT2D eigenvalue weighted by molar-refractivity contribution is 7.99. The molecule has 2 amide bonds. The van der Waals surface area contributed by atoms with Crippen LogP contribution < -0.4 is 15.1 Å². The van der Waals surface area contributed by atoms with Gasteiger partial charge in [-0.05, 0) is 37.4 Å². The molecule has 0 atom stereocenters. The number of carbonyl (C=O) groups excluding carboxylic acids is 2. The zero-order valence-electron chi connectivity index (χ0n) is 20.1. The van der Waals surface area contributed by atoms with Gasteiger partial charge in [0.05, 0.1) is 17.4 Å². The first-order valence-corrected chi connectivity index (χ1v) is 13.1. The minimum absolute atomic E-state index is 0.113. The summed E-state index contributed by atoms with van der Waals surface area (Å²) in [7, 11) is 0.